The van der Waals surface area contributed by atoms with Gasteiger partial charge in [0.1, 0.15) is 0 Å². The molecule has 6 heteroatoms. The van der Waals surface area contributed by atoms with Crippen LogP contribution < -0.4 is 4.72 Å². The average molecular weight is 330 g/mol. The molecule has 0 aliphatic carbocycles. The Morgan fingerprint density at radius 2 is 1.74 bits per heavy atom. The fraction of sp³-hybridized carbons (Fsp3) is 0.235. The lowest BCUT2D eigenvalue weighted by atomic mass is 9.94. The third kappa shape index (κ3) is 4.17. The summed E-state index contributed by atoms with van der Waals surface area (Å²) >= 11 is 0. The zero-order chi connectivity index (χ0) is 16.9. The van der Waals surface area contributed by atoms with E-state index in [9.17, 15) is 13.5 Å². The summed E-state index contributed by atoms with van der Waals surface area (Å²) in [7, 11) is -3.77. The predicted molar refractivity (Wildman–Crippen MR) is 87.2 cm³/mol. The van der Waals surface area contributed by atoms with E-state index >= 15 is 0 Å². The van der Waals surface area contributed by atoms with Crippen LogP contribution in [0, 0.1) is 11.3 Å². The van der Waals surface area contributed by atoms with Crippen molar-refractivity contribution in [3.8, 4) is 6.07 Å². The zero-order valence-electron chi connectivity index (χ0n) is 12.7. The molecule has 0 saturated carbocycles. The molecule has 0 aliphatic rings. The average Bonchev–Trinajstić information content (AvgIpc) is 2.60. The van der Waals surface area contributed by atoms with E-state index in [1.165, 1.54) is 24.3 Å². The van der Waals surface area contributed by atoms with Crippen LogP contribution in [0.1, 0.15) is 24.0 Å². The van der Waals surface area contributed by atoms with Crippen molar-refractivity contribution >= 4 is 10.0 Å². The minimum Gasteiger partial charge on any atom is -0.395 e. The maximum atomic E-state index is 12.4. The number of sulfonamides is 1. The quantitative estimate of drug-likeness (QED) is 0.847. The van der Waals surface area contributed by atoms with Gasteiger partial charge in [-0.1, -0.05) is 37.3 Å². The molecule has 2 aromatic carbocycles. The molecule has 2 atom stereocenters. The standard InChI is InChI=1S/C17H18N2O3S/c1-13(15-5-3-2-4-6-15)17(12-20)19-23(21,22)16-9-7-14(11-18)8-10-16/h2-10,13,17,19-20H,12H2,1H3/t13-,17+/m1/s1. The molecule has 0 amide bonds. The molecule has 2 aromatic rings. The van der Waals surface area contributed by atoms with Gasteiger partial charge in [-0.05, 0) is 35.7 Å². The topological polar surface area (TPSA) is 90.2 Å². The van der Waals surface area contributed by atoms with Crippen LogP contribution in [0.3, 0.4) is 0 Å². The van der Waals surface area contributed by atoms with E-state index in [2.05, 4.69) is 4.72 Å². The number of hydrogen-bond acceptors (Lipinski definition) is 4. The lowest BCUT2D eigenvalue weighted by Gasteiger charge is -2.23. The fourth-order valence-electron chi connectivity index (χ4n) is 2.26. The second kappa shape index (κ2) is 7.38. The number of nitrogens with zero attached hydrogens (tertiary/aromatic N) is 1. The Hall–Kier alpha value is -2.20. The maximum absolute atomic E-state index is 12.4. The van der Waals surface area contributed by atoms with E-state index in [0.717, 1.165) is 5.56 Å². The molecule has 23 heavy (non-hydrogen) atoms. The van der Waals surface area contributed by atoms with Gasteiger partial charge < -0.3 is 5.11 Å². The largest absolute Gasteiger partial charge is 0.395 e. The van der Waals surface area contributed by atoms with Gasteiger partial charge in [0, 0.05) is 0 Å². The monoisotopic (exact) mass is 330 g/mol. The first kappa shape index (κ1) is 17.2. The van der Waals surface area contributed by atoms with Crippen LogP contribution in [0.2, 0.25) is 0 Å². The number of aliphatic hydroxyl groups excluding tert-OH is 1. The summed E-state index contributed by atoms with van der Waals surface area (Å²) in [6, 6.07) is 16.4. The van der Waals surface area contributed by atoms with Gasteiger partial charge in [0.2, 0.25) is 10.0 Å². The Kier molecular flexibility index (Phi) is 5.50. The predicted octanol–water partition coefficient (Wildman–Crippen LogP) is 2.00. The molecule has 0 unspecified atom stereocenters. The van der Waals surface area contributed by atoms with E-state index < -0.39 is 16.1 Å². The highest BCUT2D eigenvalue weighted by molar-refractivity contribution is 7.89. The van der Waals surface area contributed by atoms with Crippen molar-refractivity contribution in [3.05, 3.63) is 65.7 Å². The van der Waals surface area contributed by atoms with E-state index in [0.29, 0.717) is 5.56 Å². The minimum atomic E-state index is -3.77. The summed E-state index contributed by atoms with van der Waals surface area (Å²) in [5, 5.41) is 18.3. The molecule has 120 valence electrons. The Balaban J connectivity index is 2.21. The molecular weight excluding hydrogens is 312 g/mol. The van der Waals surface area contributed by atoms with Crippen LogP contribution in [0.4, 0.5) is 0 Å². The van der Waals surface area contributed by atoms with Gasteiger partial charge in [-0.15, -0.1) is 0 Å². The first-order valence-electron chi connectivity index (χ1n) is 7.16. The Morgan fingerprint density at radius 1 is 1.13 bits per heavy atom. The van der Waals surface area contributed by atoms with Gasteiger partial charge in [0.05, 0.1) is 29.2 Å². The molecular formula is C17H18N2O3S. The van der Waals surface area contributed by atoms with Gasteiger partial charge in [0.15, 0.2) is 0 Å². The van der Waals surface area contributed by atoms with Gasteiger partial charge >= 0.3 is 0 Å². The summed E-state index contributed by atoms with van der Waals surface area (Å²) in [5.74, 6) is -0.186. The summed E-state index contributed by atoms with van der Waals surface area (Å²) in [4.78, 5) is 0.0650. The molecule has 0 spiro atoms. The molecule has 0 aromatic heterocycles. The van der Waals surface area contributed by atoms with Crippen LogP contribution in [0.5, 0.6) is 0 Å². The molecule has 5 nitrogen and oxygen atoms in total. The van der Waals surface area contributed by atoms with Gasteiger partial charge in [-0.2, -0.15) is 5.26 Å². The third-order valence-electron chi connectivity index (χ3n) is 3.73. The molecule has 2 N–H and O–H groups in total. The molecule has 0 fully saturated rings. The van der Waals surface area contributed by atoms with E-state index in [-0.39, 0.29) is 17.4 Å². The summed E-state index contributed by atoms with van der Waals surface area (Å²) < 4.78 is 27.4. The van der Waals surface area contributed by atoms with Crippen LogP contribution in [0.15, 0.2) is 59.5 Å². The van der Waals surface area contributed by atoms with Gasteiger partial charge in [-0.3, -0.25) is 0 Å². The third-order valence-corrected chi connectivity index (χ3v) is 5.23. The number of hydrogen-bond donors (Lipinski definition) is 2. The second-order valence-electron chi connectivity index (χ2n) is 5.25. The molecule has 0 saturated heterocycles. The smallest absolute Gasteiger partial charge is 0.240 e. The lowest BCUT2D eigenvalue weighted by molar-refractivity contribution is 0.242. The molecule has 0 heterocycles. The SMILES string of the molecule is C[C@H](c1ccccc1)[C@H](CO)NS(=O)(=O)c1ccc(C#N)cc1. The summed E-state index contributed by atoms with van der Waals surface area (Å²) in [5.41, 5.74) is 1.33. The van der Waals surface area contributed by atoms with Crippen LogP contribution in [-0.4, -0.2) is 26.2 Å². The normalized spacial score (nSPS) is 14.0. The van der Waals surface area contributed by atoms with Crippen molar-refractivity contribution in [2.45, 2.75) is 23.8 Å². The first-order valence-corrected chi connectivity index (χ1v) is 8.64. The van der Waals surface area contributed by atoms with Crippen molar-refractivity contribution in [1.82, 2.24) is 4.72 Å². The summed E-state index contributed by atoms with van der Waals surface area (Å²) in [6.07, 6.45) is 0. The zero-order valence-corrected chi connectivity index (χ0v) is 13.5. The number of nitrogens with one attached hydrogen (secondary N) is 1. The molecule has 0 bridgehead atoms. The highest BCUT2D eigenvalue weighted by Crippen LogP contribution is 2.21. The van der Waals surface area contributed by atoms with Crippen LogP contribution >= 0.6 is 0 Å². The van der Waals surface area contributed by atoms with Gasteiger partial charge in [0.25, 0.3) is 0 Å². The van der Waals surface area contributed by atoms with Crippen LogP contribution in [0.25, 0.3) is 0 Å². The van der Waals surface area contributed by atoms with Crippen molar-refractivity contribution in [3.63, 3.8) is 0 Å². The first-order chi connectivity index (χ1) is 11.0. The summed E-state index contributed by atoms with van der Waals surface area (Å²) in [6.45, 7) is 1.54. The van der Waals surface area contributed by atoms with Crippen molar-refractivity contribution in [1.29, 1.82) is 5.26 Å². The van der Waals surface area contributed by atoms with E-state index in [4.69, 9.17) is 5.26 Å². The molecule has 0 radical (unpaired) electrons. The number of benzene rings is 2. The van der Waals surface area contributed by atoms with Crippen molar-refractivity contribution in [2.75, 3.05) is 6.61 Å². The number of nitriles is 1. The molecule has 0 aliphatic heterocycles. The number of aliphatic hydroxyl groups is 1. The Bertz CT molecular complexity index is 781. The maximum Gasteiger partial charge on any atom is 0.240 e. The minimum absolute atomic E-state index is 0.0650. The van der Waals surface area contributed by atoms with E-state index in [1.54, 1.807) is 0 Å². The Labute approximate surface area is 136 Å². The highest BCUT2D eigenvalue weighted by atomic mass is 32.2. The van der Waals surface area contributed by atoms with E-state index in [1.807, 2.05) is 43.3 Å². The fourth-order valence-corrected chi connectivity index (χ4v) is 3.57. The lowest BCUT2D eigenvalue weighted by Crippen LogP contribution is -2.41. The molecule has 2 rings (SSSR count). The van der Waals surface area contributed by atoms with Crippen LogP contribution in [-0.2, 0) is 10.0 Å². The van der Waals surface area contributed by atoms with Crippen molar-refractivity contribution in [2.24, 2.45) is 0 Å². The number of rotatable bonds is 6. The van der Waals surface area contributed by atoms with Gasteiger partial charge in [-0.25, -0.2) is 13.1 Å². The second-order valence-corrected chi connectivity index (χ2v) is 6.96. The Morgan fingerprint density at radius 3 is 2.26 bits per heavy atom. The highest BCUT2D eigenvalue weighted by Gasteiger charge is 2.25. The van der Waals surface area contributed by atoms with Crippen molar-refractivity contribution < 1.29 is 13.5 Å².